The molecule has 4 rings (SSSR count). The molecule has 0 spiro atoms. The third-order valence-corrected chi connectivity index (χ3v) is 7.30. The lowest BCUT2D eigenvalue weighted by Gasteiger charge is -2.20. The molecule has 0 bridgehead atoms. The Morgan fingerprint density at radius 2 is 1.55 bits per heavy atom. The largest absolute Gasteiger partial charge is 0.460 e. The molecule has 1 saturated carbocycles. The molecule has 2 aromatic carbocycles. The third kappa shape index (κ3) is 12.8. The monoisotopic (exact) mass is 685 g/mol. The van der Waals surface area contributed by atoms with Gasteiger partial charge in [-0.25, -0.2) is 4.79 Å². The minimum atomic E-state index is -4.57. The van der Waals surface area contributed by atoms with E-state index in [-0.39, 0.29) is 24.2 Å². The van der Waals surface area contributed by atoms with E-state index in [9.17, 15) is 22.8 Å². The third-order valence-electron chi connectivity index (χ3n) is 7.30. The Balaban J connectivity index is 1.41. The minimum Gasteiger partial charge on any atom is -0.460 e. The van der Waals surface area contributed by atoms with Crippen LogP contribution in [0.1, 0.15) is 107 Å². The Labute approximate surface area is 285 Å². The molecule has 1 aromatic heterocycles. The number of esters is 2. The Bertz CT molecular complexity index is 1580. The van der Waals surface area contributed by atoms with Crippen molar-refractivity contribution in [2.24, 2.45) is 0 Å². The number of nitrogens with zero attached hydrogens (tertiary/aromatic N) is 3. The normalized spacial score (nSPS) is 14.1. The Morgan fingerprint density at radius 3 is 2.18 bits per heavy atom. The fourth-order valence-electron chi connectivity index (χ4n) is 4.97. The van der Waals surface area contributed by atoms with Crippen molar-refractivity contribution in [1.82, 2.24) is 15.0 Å². The maximum Gasteiger partial charge on any atom is 0.422 e. The fraction of sp³-hybridized carbons (Fsp3) is 0.528. The second-order valence-electron chi connectivity index (χ2n) is 14.2. The summed E-state index contributed by atoms with van der Waals surface area (Å²) in [6, 6.07) is 14.2. The SMILES string of the molecule is CC(C)(C)OC(=O)CCCCCNc1cccc(C2(Nc3nc(Cc4ccc(C(=O)OC(C)(C)C)cc4)nc(OCC(F)(F)F)n3)CC2)c1. The Hall–Kier alpha value is -4.42. The molecule has 0 atom stereocenters. The van der Waals surface area contributed by atoms with Gasteiger partial charge >= 0.3 is 24.1 Å². The van der Waals surface area contributed by atoms with E-state index in [0.717, 1.165) is 55.5 Å². The van der Waals surface area contributed by atoms with Crippen LogP contribution in [0.15, 0.2) is 48.5 Å². The van der Waals surface area contributed by atoms with E-state index in [1.165, 1.54) is 0 Å². The standard InChI is InChI=1S/C36H46F3N5O5/c1-33(2,3)48-29(45)13-8-7-9-20-40-27-12-10-11-26(22-27)35(18-19-35)44-31-41-28(42-32(43-31)47-23-36(37,38)39)21-24-14-16-25(17-15-24)30(46)49-34(4,5)6/h10-12,14-17,22,40H,7-9,13,18-21,23H2,1-6H3,(H,41,42,43,44). The first-order valence-corrected chi connectivity index (χ1v) is 16.5. The molecular formula is C36H46F3N5O5. The number of aromatic nitrogens is 3. The number of hydrogen-bond donors (Lipinski definition) is 2. The summed E-state index contributed by atoms with van der Waals surface area (Å²) in [5.74, 6) is -0.336. The maximum absolute atomic E-state index is 13.0. The number of nitrogens with one attached hydrogen (secondary N) is 2. The number of carbonyl (C=O) groups is 2. The van der Waals surface area contributed by atoms with Crippen molar-refractivity contribution in [2.45, 2.75) is 109 Å². The van der Waals surface area contributed by atoms with E-state index in [2.05, 4.69) is 25.6 Å². The molecule has 1 heterocycles. The molecule has 0 amide bonds. The predicted molar refractivity (Wildman–Crippen MR) is 180 cm³/mol. The first kappa shape index (κ1) is 37.4. The van der Waals surface area contributed by atoms with Crippen molar-refractivity contribution >= 4 is 23.6 Å². The molecule has 3 aromatic rings. The quantitative estimate of drug-likeness (QED) is 0.121. The number of rotatable bonds is 15. The maximum atomic E-state index is 13.0. The number of unbranched alkanes of at least 4 members (excludes halogenated alkanes) is 2. The van der Waals surface area contributed by atoms with Crippen molar-refractivity contribution in [3.63, 3.8) is 0 Å². The smallest absolute Gasteiger partial charge is 0.422 e. The van der Waals surface area contributed by atoms with Crippen molar-refractivity contribution < 1.29 is 37.0 Å². The van der Waals surface area contributed by atoms with Gasteiger partial charge < -0.3 is 24.8 Å². The second kappa shape index (κ2) is 15.4. The Morgan fingerprint density at radius 1 is 0.857 bits per heavy atom. The highest BCUT2D eigenvalue weighted by Gasteiger charge is 2.45. The molecule has 1 aliphatic carbocycles. The van der Waals surface area contributed by atoms with Gasteiger partial charge in [0.15, 0.2) is 6.61 Å². The summed E-state index contributed by atoms with van der Waals surface area (Å²) in [5.41, 5.74) is 1.40. The summed E-state index contributed by atoms with van der Waals surface area (Å²) in [6.07, 6.45) is 0.0481. The van der Waals surface area contributed by atoms with Crippen LogP contribution >= 0.6 is 0 Å². The van der Waals surface area contributed by atoms with Crippen LogP contribution in [0, 0.1) is 0 Å². The number of ether oxygens (including phenoxy) is 3. The van der Waals surface area contributed by atoms with Gasteiger partial charge in [0.1, 0.15) is 17.0 Å². The van der Waals surface area contributed by atoms with Crippen LogP contribution in [0.5, 0.6) is 6.01 Å². The Kier molecular flexibility index (Phi) is 11.8. The molecule has 10 nitrogen and oxygen atoms in total. The molecule has 13 heteroatoms. The zero-order chi connectivity index (χ0) is 35.9. The number of halogens is 3. The molecule has 0 saturated heterocycles. The average molecular weight is 686 g/mol. The highest BCUT2D eigenvalue weighted by molar-refractivity contribution is 5.89. The van der Waals surface area contributed by atoms with Crippen molar-refractivity contribution in [3.8, 4) is 6.01 Å². The highest BCUT2D eigenvalue weighted by Crippen LogP contribution is 2.48. The minimum absolute atomic E-state index is 0.105. The van der Waals surface area contributed by atoms with Gasteiger partial charge in [0.25, 0.3) is 0 Å². The molecule has 2 N–H and O–H groups in total. The van der Waals surface area contributed by atoms with E-state index in [0.29, 0.717) is 12.0 Å². The molecule has 0 unspecified atom stereocenters. The molecule has 266 valence electrons. The first-order chi connectivity index (χ1) is 22.9. The van der Waals surface area contributed by atoms with Gasteiger partial charge in [-0.05, 0) is 103 Å². The molecule has 1 fully saturated rings. The summed E-state index contributed by atoms with van der Waals surface area (Å²) < 4.78 is 54.7. The van der Waals surface area contributed by atoms with Crippen LogP contribution in [0.3, 0.4) is 0 Å². The van der Waals surface area contributed by atoms with Gasteiger partial charge in [0, 0.05) is 25.1 Å². The lowest BCUT2D eigenvalue weighted by Crippen LogP contribution is -2.24. The van der Waals surface area contributed by atoms with Crippen molar-refractivity contribution in [1.29, 1.82) is 0 Å². The van der Waals surface area contributed by atoms with E-state index >= 15 is 0 Å². The zero-order valence-electron chi connectivity index (χ0n) is 29.0. The topological polar surface area (TPSA) is 125 Å². The molecule has 0 aliphatic heterocycles. The van der Waals surface area contributed by atoms with E-state index < -0.39 is 41.5 Å². The molecular weight excluding hydrogens is 639 g/mol. The summed E-state index contributed by atoms with van der Waals surface area (Å²) in [5, 5.41) is 6.77. The van der Waals surface area contributed by atoms with Gasteiger partial charge in [-0.15, -0.1) is 0 Å². The predicted octanol–water partition coefficient (Wildman–Crippen LogP) is 7.77. The van der Waals surface area contributed by atoms with Gasteiger partial charge in [0.2, 0.25) is 5.95 Å². The van der Waals surface area contributed by atoms with E-state index in [1.807, 2.05) is 45.0 Å². The van der Waals surface area contributed by atoms with Gasteiger partial charge in [-0.1, -0.05) is 30.7 Å². The van der Waals surface area contributed by atoms with E-state index in [1.54, 1.807) is 45.0 Å². The summed E-state index contributed by atoms with van der Waals surface area (Å²) >= 11 is 0. The van der Waals surface area contributed by atoms with Crippen LogP contribution in [0.4, 0.5) is 24.8 Å². The lowest BCUT2D eigenvalue weighted by atomic mass is 10.0. The van der Waals surface area contributed by atoms with Crippen LogP contribution in [-0.4, -0.2) is 57.4 Å². The summed E-state index contributed by atoms with van der Waals surface area (Å²) in [7, 11) is 0. The van der Waals surface area contributed by atoms with Gasteiger partial charge in [0.05, 0.1) is 11.1 Å². The number of anilines is 2. The van der Waals surface area contributed by atoms with Crippen LogP contribution < -0.4 is 15.4 Å². The van der Waals surface area contributed by atoms with E-state index in [4.69, 9.17) is 14.2 Å². The van der Waals surface area contributed by atoms with Crippen molar-refractivity contribution in [2.75, 3.05) is 23.8 Å². The van der Waals surface area contributed by atoms with Crippen LogP contribution in [-0.2, 0) is 26.2 Å². The number of carbonyl (C=O) groups excluding carboxylic acids is 2. The van der Waals surface area contributed by atoms with Gasteiger partial charge in [-0.3, -0.25) is 4.79 Å². The molecule has 1 aliphatic rings. The highest BCUT2D eigenvalue weighted by atomic mass is 19.4. The van der Waals surface area contributed by atoms with Gasteiger partial charge in [-0.2, -0.15) is 28.1 Å². The summed E-state index contributed by atoms with van der Waals surface area (Å²) in [6.45, 7) is 10.1. The number of hydrogen-bond acceptors (Lipinski definition) is 10. The van der Waals surface area contributed by atoms with Crippen LogP contribution in [0.25, 0.3) is 0 Å². The van der Waals surface area contributed by atoms with Crippen LogP contribution in [0.2, 0.25) is 0 Å². The van der Waals surface area contributed by atoms with Crippen molar-refractivity contribution in [3.05, 3.63) is 71.0 Å². The lowest BCUT2D eigenvalue weighted by molar-refractivity contribution is -0.155. The average Bonchev–Trinajstić information content (AvgIpc) is 3.77. The summed E-state index contributed by atoms with van der Waals surface area (Å²) in [4.78, 5) is 37.2. The fourth-order valence-corrected chi connectivity index (χ4v) is 4.97. The first-order valence-electron chi connectivity index (χ1n) is 16.5. The molecule has 0 radical (unpaired) electrons. The second-order valence-corrected chi connectivity index (χ2v) is 14.2. The number of benzene rings is 2. The molecule has 49 heavy (non-hydrogen) atoms. The number of alkyl halides is 3. The zero-order valence-corrected chi connectivity index (χ0v) is 29.0.